The van der Waals surface area contributed by atoms with Crippen LogP contribution >= 0.6 is 0 Å². The molecular weight excluding hydrogens is 849 g/mol. The van der Waals surface area contributed by atoms with Crippen LogP contribution in [0.3, 0.4) is 0 Å². The highest BCUT2D eigenvalue weighted by Gasteiger charge is 2.14. The van der Waals surface area contributed by atoms with Crippen molar-refractivity contribution in [2.45, 2.75) is 50.6 Å². The quantitative estimate of drug-likeness (QED) is 0.0819. The Hall–Kier alpha value is -7.10. The first-order chi connectivity index (χ1) is 30.5. The molecule has 0 aliphatic carbocycles. The Balaban J connectivity index is 0.000000252. The number of benzene rings is 6. The Kier molecular flexibility index (Phi) is 14.8. The molecule has 0 unspecified atom stereocenters. The number of nitrogens with one attached hydrogen (secondary N) is 2. The summed E-state index contributed by atoms with van der Waals surface area (Å²) in [4.78, 5) is 25.8. The van der Waals surface area contributed by atoms with E-state index in [0.717, 1.165) is 68.5 Å². The Morgan fingerprint density at radius 2 is 0.828 bits per heavy atom. The highest BCUT2D eigenvalue weighted by Crippen LogP contribution is 2.23. The lowest BCUT2D eigenvalue weighted by atomic mass is 10.0. The van der Waals surface area contributed by atoms with Gasteiger partial charge in [0.25, 0.3) is 32.1 Å². The number of hydrogen-bond donors (Lipinski definition) is 4. The lowest BCUT2D eigenvalue weighted by Crippen LogP contribution is -2.32. The van der Waals surface area contributed by atoms with Gasteiger partial charge in [0.2, 0.25) is 11.0 Å². The fourth-order valence-corrected chi connectivity index (χ4v) is 7.65. The van der Waals surface area contributed by atoms with Crippen LogP contribution in [0.25, 0.3) is 32.9 Å². The largest absolute Gasteiger partial charge is 0.322 e. The molecule has 0 saturated carbocycles. The van der Waals surface area contributed by atoms with Crippen LogP contribution < -0.4 is 19.8 Å². The number of aryl methyl sites for hydroxylation is 4. The van der Waals surface area contributed by atoms with Gasteiger partial charge >= 0.3 is 0 Å². The minimum Gasteiger partial charge on any atom is -0.322 e. The molecule has 14 heteroatoms. The van der Waals surface area contributed by atoms with E-state index in [2.05, 4.69) is 45.7 Å². The zero-order chi connectivity index (χ0) is 46.0. The SMILES string of the molecule is CC[n+]1cccc2ccc(NC(=O)c3ccc(-c4ccc(C(=O)Nc5ccc6ccc[n+](CC)c6c5)cc4)cc3)cc21.Cc1ccc(S(=O)(=O)O)cc1.Cc1ccc(S(=O)(=O)O)cc1. The first-order valence-electron chi connectivity index (χ1n) is 20.3. The van der Waals surface area contributed by atoms with Gasteiger partial charge in [-0.3, -0.25) is 18.7 Å². The Bertz CT molecular complexity index is 2940. The third-order valence-electron chi connectivity index (χ3n) is 10.2. The molecule has 0 atom stereocenters. The second-order valence-corrected chi connectivity index (χ2v) is 17.6. The summed E-state index contributed by atoms with van der Waals surface area (Å²) in [7, 11) is -8.04. The van der Waals surface area contributed by atoms with Crippen molar-refractivity contribution < 1.29 is 44.7 Å². The first kappa shape index (κ1) is 46.4. The molecule has 0 aliphatic heterocycles. The third kappa shape index (κ3) is 12.1. The minimum atomic E-state index is -4.02. The normalized spacial score (nSPS) is 11.2. The van der Waals surface area contributed by atoms with Crippen molar-refractivity contribution in [3.63, 3.8) is 0 Å². The Labute approximate surface area is 373 Å². The van der Waals surface area contributed by atoms with Crippen molar-refractivity contribution in [1.82, 2.24) is 0 Å². The van der Waals surface area contributed by atoms with Gasteiger partial charge in [-0.25, -0.2) is 0 Å². The van der Waals surface area contributed by atoms with E-state index in [1.54, 1.807) is 24.3 Å². The third-order valence-corrected chi connectivity index (χ3v) is 12.0. The summed E-state index contributed by atoms with van der Waals surface area (Å²) in [6.07, 6.45) is 4.08. The van der Waals surface area contributed by atoms with Crippen LogP contribution in [-0.4, -0.2) is 37.8 Å². The smallest absolute Gasteiger partial charge is 0.294 e. The fraction of sp³-hybridized carbons (Fsp3) is 0.120. The maximum Gasteiger partial charge on any atom is 0.294 e. The standard InChI is InChI=1S/C36H30N4O2.2C7H8O3S/c1-3-39-21-5-7-27-17-19-31(23-33(27)39)37-35(41)29-13-9-25(10-14-29)26-11-15-30(16-12-26)36(42)38-32-20-18-28-8-6-22-40(4-2)34(28)24-32;2*1-6-2-4-7(5-3-6)11(8,9)10/h5-24H,3-4H2,1-2H3;2*2-5H,1H3,(H,8,9,10)/p+2. The number of rotatable bonds is 9. The number of hydrogen-bond acceptors (Lipinski definition) is 6. The molecule has 4 N–H and O–H groups in total. The van der Waals surface area contributed by atoms with Gasteiger partial charge in [-0.1, -0.05) is 59.7 Å². The van der Waals surface area contributed by atoms with Crippen molar-refractivity contribution >= 4 is 65.2 Å². The fourth-order valence-electron chi connectivity index (χ4n) is 6.69. The van der Waals surface area contributed by atoms with E-state index in [-0.39, 0.29) is 21.6 Å². The molecule has 2 aromatic heterocycles. The molecule has 12 nitrogen and oxygen atoms in total. The number of fused-ring (bicyclic) bond motifs is 2. The number of carbonyl (C=O) groups is 2. The maximum absolute atomic E-state index is 13.0. The summed E-state index contributed by atoms with van der Waals surface area (Å²) in [6, 6.07) is 47.0. The van der Waals surface area contributed by atoms with Crippen molar-refractivity contribution in [3.05, 3.63) is 192 Å². The second kappa shape index (κ2) is 20.4. The molecule has 64 heavy (non-hydrogen) atoms. The monoisotopic (exact) mass is 896 g/mol. The molecule has 0 radical (unpaired) electrons. The number of amides is 2. The van der Waals surface area contributed by atoms with Gasteiger partial charge in [0.1, 0.15) is 13.1 Å². The molecule has 8 aromatic rings. The van der Waals surface area contributed by atoms with Gasteiger partial charge in [0.05, 0.1) is 9.79 Å². The second-order valence-electron chi connectivity index (χ2n) is 14.8. The van der Waals surface area contributed by atoms with Gasteiger partial charge in [-0.15, -0.1) is 0 Å². The summed E-state index contributed by atoms with van der Waals surface area (Å²) in [6.45, 7) is 9.58. The van der Waals surface area contributed by atoms with Crippen LogP contribution in [0.4, 0.5) is 11.4 Å². The molecule has 0 fully saturated rings. The molecule has 0 aliphatic rings. The average Bonchev–Trinajstić information content (AvgIpc) is 3.28. The predicted octanol–water partition coefficient (Wildman–Crippen LogP) is 9.26. The van der Waals surface area contributed by atoms with Gasteiger partial charge < -0.3 is 10.6 Å². The summed E-state index contributed by atoms with van der Waals surface area (Å²) < 4.78 is 63.4. The van der Waals surface area contributed by atoms with Crippen LogP contribution in [0.15, 0.2) is 180 Å². The lowest BCUT2D eigenvalue weighted by Gasteiger charge is -2.09. The number of nitrogens with zero attached hydrogens (tertiary/aromatic N) is 2. The van der Waals surface area contributed by atoms with Gasteiger partial charge in [0, 0.05) is 57.5 Å². The Morgan fingerprint density at radius 1 is 0.484 bits per heavy atom. The molecule has 0 saturated heterocycles. The van der Waals surface area contributed by atoms with E-state index in [4.69, 9.17) is 9.11 Å². The molecule has 326 valence electrons. The topological polar surface area (TPSA) is 175 Å². The van der Waals surface area contributed by atoms with E-state index >= 15 is 0 Å². The van der Waals surface area contributed by atoms with Crippen LogP contribution in [0.5, 0.6) is 0 Å². The molecular formula is C50H48N4O8S2+2. The van der Waals surface area contributed by atoms with Crippen molar-refractivity contribution in [1.29, 1.82) is 0 Å². The first-order valence-corrected chi connectivity index (χ1v) is 23.2. The predicted molar refractivity (Wildman–Crippen MR) is 249 cm³/mol. The maximum atomic E-state index is 13.0. The number of pyridine rings is 2. The highest BCUT2D eigenvalue weighted by molar-refractivity contribution is 7.86. The summed E-state index contributed by atoms with van der Waals surface area (Å²) in [5, 5.41) is 8.29. The minimum absolute atomic E-state index is 0.0666. The lowest BCUT2D eigenvalue weighted by molar-refractivity contribution is -0.668. The Morgan fingerprint density at radius 3 is 1.14 bits per heavy atom. The zero-order valence-corrected chi connectivity index (χ0v) is 37.3. The van der Waals surface area contributed by atoms with E-state index in [1.807, 2.05) is 123 Å². The summed E-state index contributed by atoms with van der Waals surface area (Å²) in [5.41, 5.74) is 8.66. The van der Waals surface area contributed by atoms with Crippen molar-refractivity contribution in [2.24, 2.45) is 0 Å². The van der Waals surface area contributed by atoms with E-state index in [0.29, 0.717) is 11.1 Å². The van der Waals surface area contributed by atoms with Gasteiger partial charge in [0.15, 0.2) is 12.4 Å². The summed E-state index contributed by atoms with van der Waals surface area (Å²) >= 11 is 0. The van der Waals surface area contributed by atoms with E-state index in [9.17, 15) is 26.4 Å². The number of carbonyl (C=O) groups excluding carboxylic acids is 2. The van der Waals surface area contributed by atoms with Gasteiger partial charge in [-0.2, -0.15) is 26.0 Å². The van der Waals surface area contributed by atoms with E-state index in [1.165, 1.54) is 24.3 Å². The zero-order valence-electron chi connectivity index (χ0n) is 35.6. The molecule has 8 rings (SSSR count). The molecule has 2 heterocycles. The number of anilines is 2. The van der Waals surface area contributed by atoms with Gasteiger partial charge in [-0.05, 0) is 124 Å². The molecule has 6 aromatic carbocycles. The average molecular weight is 897 g/mol. The van der Waals surface area contributed by atoms with Crippen LogP contribution in [0.1, 0.15) is 45.7 Å². The number of aromatic nitrogens is 2. The van der Waals surface area contributed by atoms with Crippen molar-refractivity contribution in [3.8, 4) is 11.1 Å². The highest BCUT2D eigenvalue weighted by atomic mass is 32.2. The van der Waals surface area contributed by atoms with Crippen LogP contribution in [-0.2, 0) is 33.3 Å². The van der Waals surface area contributed by atoms with Crippen LogP contribution in [0.2, 0.25) is 0 Å². The van der Waals surface area contributed by atoms with E-state index < -0.39 is 20.2 Å². The summed E-state index contributed by atoms with van der Waals surface area (Å²) in [5.74, 6) is -0.324. The molecule has 2 amide bonds. The van der Waals surface area contributed by atoms with Crippen LogP contribution in [0, 0.1) is 13.8 Å². The molecule has 0 bridgehead atoms. The molecule has 0 spiro atoms. The van der Waals surface area contributed by atoms with Crippen molar-refractivity contribution in [2.75, 3.05) is 10.6 Å².